The van der Waals surface area contributed by atoms with Gasteiger partial charge >= 0.3 is 5.97 Å². The van der Waals surface area contributed by atoms with Gasteiger partial charge in [-0.3, -0.25) is 9.59 Å². The summed E-state index contributed by atoms with van der Waals surface area (Å²) in [5, 5.41) is 12.4. The monoisotopic (exact) mass is 501 g/mol. The molecule has 0 heterocycles. The molecule has 0 radical (unpaired) electrons. The van der Waals surface area contributed by atoms with E-state index in [9.17, 15) is 14.7 Å². The van der Waals surface area contributed by atoms with Crippen LogP contribution in [-0.4, -0.2) is 50.5 Å². The van der Waals surface area contributed by atoms with Gasteiger partial charge in [0.05, 0.1) is 25.0 Å². The first-order valence-electron chi connectivity index (χ1n) is 12.4. The van der Waals surface area contributed by atoms with Crippen LogP contribution in [0.5, 0.6) is 17.2 Å². The molecule has 3 unspecified atom stereocenters. The average molecular weight is 502 g/mol. The zero-order valence-corrected chi connectivity index (χ0v) is 21.9. The number of anilines is 1. The molecule has 198 valence electrons. The smallest absolute Gasteiger partial charge is 0.316 e. The maximum atomic E-state index is 12.9. The van der Waals surface area contributed by atoms with Gasteiger partial charge in [0.1, 0.15) is 17.4 Å². The summed E-state index contributed by atoms with van der Waals surface area (Å²) in [7, 11) is 4.87. The Hall–Kier alpha value is -3.10. The molecule has 0 aliphatic heterocycles. The van der Waals surface area contributed by atoms with Crippen LogP contribution in [0.4, 0.5) is 5.69 Å². The second-order valence-corrected chi connectivity index (χ2v) is 8.79. The van der Waals surface area contributed by atoms with Crippen molar-refractivity contribution in [3.8, 4) is 17.2 Å². The minimum Gasteiger partial charge on any atom is -0.497 e. The highest BCUT2D eigenvalue weighted by molar-refractivity contribution is 6.04. The number of aliphatic carboxylic acids is 1. The van der Waals surface area contributed by atoms with E-state index in [-0.39, 0.29) is 18.6 Å². The van der Waals surface area contributed by atoms with E-state index < -0.39 is 17.8 Å². The summed E-state index contributed by atoms with van der Waals surface area (Å²) in [6, 6.07) is 12.7. The highest BCUT2D eigenvalue weighted by Crippen LogP contribution is 2.35. The molecule has 0 spiro atoms. The molecule has 8 nitrogen and oxygen atoms in total. The molecule has 0 bridgehead atoms. The van der Waals surface area contributed by atoms with Gasteiger partial charge in [0.15, 0.2) is 5.75 Å². The number of benzene rings is 2. The van der Waals surface area contributed by atoms with Crippen LogP contribution in [0, 0.1) is 5.92 Å². The Morgan fingerprint density at radius 2 is 1.75 bits per heavy atom. The van der Waals surface area contributed by atoms with Gasteiger partial charge in [0.2, 0.25) is 5.91 Å². The number of ether oxygens (including phenoxy) is 4. The van der Waals surface area contributed by atoms with E-state index in [0.717, 1.165) is 24.8 Å². The number of unbranched alkanes of at least 4 members (excludes halogenated alkanes) is 2. The molecule has 0 saturated carbocycles. The highest BCUT2D eigenvalue weighted by Gasteiger charge is 2.27. The molecule has 0 fully saturated rings. The predicted octanol–water partition coefficient (Wildman–Crippen LogP) is 5.69. The Kier molecular flexibility index (Phi) is 12.2. The predicted molar refractivity (Wildman–Crippen MR) is 139 cm³/mol. The van der Waals surface area contributed by atoms with Crippen LogP contribution in [0.15, 0.2) is 42.5 Å². The van der Waals surface area contributed by atoms with E-state index in [1.807, 2.05) is 38.1 Å². The number of carbonyl (C=O) groups is 2. The number of carboxylic acid groups (broad SMARTS) is 1. The summed E-state index contributed by atoms with van der Waals surface area (Å²) >= 11 is 0. The van der Waals surface area contributed by atoms with E-state index in [4.69, 9.17) is 18.9 Å². The topological polar surface area (TPSA) is 103 Å². The fraction of sp³-hybridized carbons (Fsp3) is 0.500. The van der Waals surface area contributed by atoms with Crippen molar-refractivity contribution in [1.82, 2.24) is 0 Å². The lowest BCUT2D eigenvalue weighted by molar-refractivity contribution is -0.145. The van der Waals surface area contributed by atoms with Crippen LogP contribution in [0.25, 0.3) is 0 Å². The zero-order chi connectivity index (χ0) is 26.5. The number of carboxylic acids is 1. The van der Waals surface area contributed by atoms with E-state index in [1.54, 1.807) is 32.4 Å². The summed E-state index contributed by atoms with van der Waals surface area (Å²) < 4.78 is 22.6. The molecule has 2 aromatic rings. The fourth-order valence-corrected chi connectivity index (χ4v) is 3.87. The summed E-state index contributed by atoms with van der Waals surface area (Å²) in [6.07, 6.45) is 4.05. The molecule has 2 N–H and O–H groups in total. The Balaban J connectivity index is 2.29. The number of carbonyl (C=O) groups excluding carboxylic acids is 1. The third-order valence-electron chi connectivity index (χ3n) is 6.13. The van der Waals surface area contributed by atoms with E-state index in [1.165, 1.54) is 7.11 Å². The van der Waals surface area contributed by atoms with Crippen molar-refractivity contribution < 1.29 is 33.6 Å². The third kappa shape index (κ3) is 8.84. The van der Waals surface area contributed by atoms with Crippen LogP contribution in [-0.2, 0) is 25.5 Å². The maximum absolute atomic E-state index is 12.9. The molecule has 2 rings (SSSR count). The lowest BCUT2D eigenvalue weighted by atomic mass is 10.0. The molecular weight excluding hydrogens is 462 g/mol. The van der Waals surface area contributed by atoms with Crippen LogP contribution in [0.2, 0.25) is 0 Å². The maximum Gasteiger partial charge on any atom is 0.316 e. The fourth-order valence-electron chi connectivity index (χ4n) is 3.87. The Morgan fingerprint density at radius 3 is 2.39 bits per heavy atom. The Morgan fingerprint density at radius 1 is 1.00 bits per heavy atom. The van der Waals surface area contributed by atoms with Crippen molar-refractivity contribution in [2.24, 2.45) is 5.92 Å². The van der Waals surface area contributed by atoms with Crippen molar-refractivity contribution in [3.63, 3.8) is 0 Å². The molecule has 0 saturated heterocycles. The number of rotatable bonds is 16. The lowest BCUT2D eigenvalue weighted by Crippen LogP contribution is -2.29. The first kappa shape index (κ1) is 29.1. The van der Waals surface area contributed by atoms with Gasteiger partial charge in [0.25, 0.3) is 0 Å². The van der Waals surface area contributed by atoms with Crippen molar-refractivity contribution in [1.29, 1.82) is 0 Å². The molecule has 36 heavy (non-hydrogen) atoms. The van der Waals surface area contributed by atoms with Crippen LogP contribution >= 0.6 is 0 Å². The summed E-state index contributed by atoms with van der Waals surface area (Å²) in [5.41, 5.74) is 1.27. The molecule has 3 atom stereocenters. The second kappa shape index (κ2) is 15.1. The summed E-state index contributed by atoms with van der Waals surface area (Å²) in [6.45, 7) is 4.02. The Labute approximate surface area is 213 Å². The SMILES string of the molecule is CCCCCC(C(=O)O)C(=O)Nc1cc(OC)ccc1Oc1ccccc1CC(CC(C)OC)OC. The number of amides is 1. The van der Waals surface area contributed by atoms with Crippen LogP contribution in [0.3, 0.4) is 0 Å². The van der Waals surface area contributed by atoms with Crippen LogP contribution < -0.4 is 14.8 Å². The van der Waals surface area contributed by atoms with Crippen molar-refractivity contribution in [3.05, 3.63) is 48.0 Å². The minimum absolute atomic E-state index is 0.0472. The molecule has 0 aliphatic rings. The van der Waals surface area contributed by atoms with Crippen molar-refractivity contribution >= 4 is 17.6 Å². The quantitative estimate of drug-likeness (QED) is 0.225. The molecule has 0 aliphatic carbocycles. The highest BCUT2D eigenvalue weighted by atomic mass is 16.5. The largest absolute Gasteiger partial charge is 0.497 e. The van der Waals surface area contributed by atoms with Gasteiger partial charge in [-0.05, 0) is 43.5 Å². The normalized spacial score (nSPS) is 13.5. The van der Waals surface area contributed by atoms with Gasteiger partial charge in [0, 0.05) is 26.7 Å². The van der Waals surface area contributed by atoms with Gasteiger partial charge in [-0.25, -0.2) is 0 Å². The second-order valence-electron chi connectivity index (χ2n) is 8.79. The van der Waals surface area contributed by atoms with E-state index in [2.05, 4.69) is 5.32 Å². The number of methoxy groups -OCH3 is 3. The number of hydrogen-bond donors (Lipinski definition) is 2. The van der Waals surface area contributed by atoms with Crippen molar-refractivity contribution in [2.75, 3.05) is 26.6 Å². The average Bonchev–Trinajstić information content (AvgIpc) is 2.87. The summed E-state index contributed by atoms with van der Waals surface area (Å²) in [5.74, 6) is -1.37. The van der Waals surface area contributed by atoms with Gasteiger partial charge in [-0.2, -0.15) is 0 Å². The first-order chi connectivity index (χ1) is 17.3. The standard InChI is InChI=1S/C28H39NO7/c1-6-7-8-12-23(28(31)32)27(30)29-24-18-21(34-4)14-15-26(24)36-25-13-10-9-11-20(25)17-22(35-5)16-19(2)33-3/h9-11,13-15,18-19,22-23H,6-8,12,16-17H2,1-5H3,(H,29,30)(H,31,32). The Bertz CT molecular complexity index is 978. The van der Waals surface area contributed by atoms with E-state index in [0.29, 0.717) is 35.8 Å². The number of nitrogens with one attached hydrogen (secondary N) is 1. The molecule has 8 heteroatoms. The molecule has 1 amide bonds. The summed E-state index contributed by atoms with van der Waals surface area (Å²) in [4.78, 5) is 24.7. The van der Waals surface area contributed by atoms with E-state index >= 15 is 0 Å². The molecular formula is C28H39NO7. The van der Waals surface area contributed by atoms with Crippen LogP contribution in [0.1, 0.15) is 51.5 Å². The van der Waals surface area contributed by atoms with Crippen molar-refractivity contribution in [2.45, 2.75) is 64.6 Å². The van der Waals surface area contributed by atoms with Gasteiger partial charge in [-0.15, -0.1) is 0 Å². The minimum atomic E-state index is -1.15. The van der Waals surface area contributed by atoms with Gasteiger partial charge < -0.3 is 29.4 Å². The lowest BCUT2D eigenvalue weighted by Gasteiger charge is -2.21. The molecule has 2 aromatic carbocycles. The molecule has 0 aromatic heterocycles. The zero-order valence-electron chi connectivity index (χ0n) is 21.9. The van der Waals surface area contributed by atoms with Gasteiger partial charge in [-0.1, -0.05) is 44.4 Å². The number of hydrogen-bond acceptors (Lipinski definition) is 6. The first-order valence-corrected chi connectivity index (χ1v) is 12.4. The number of para-hydroxylation sites is 1. The third-order valence-corrected chi connectivity index (χ3v) is 6.13.